The molecule has 0 amide bonds. The van der Waals surface area contributed by atoms with Crippen LogP contribution in [0.3, 0.4) is 0 Å². The lowest BCUT2D eigenvalue weighted by Crippen LogP contribution is -2.46. The Hall–Kier alpha value is -3.96. The molecule has 204 valence electrons. The Morgan fingerprint density at radius 3 is 2.46 bits per heavy atom. The van der Waals surface area contributed by atoms with Gasteiger partial charge >= 0.3 is 12.1 Å². The minimum atomic E-state index is -5.25. The molecule has 3 atom stereocenters. The fourth-order valence-corrected chi connectivity index (χ4v) is 4.43. The number of alkyl halides is 3. The molecule has 1 heterocycles. The Balaban J connectivity index is 1.65. The first-order valence-electron chi connectivity index (χ1n) is 11.4. The van der Waals surface area contributed by atoms with Gasteiger partial charge in [0.05, 0.1) is 17.3 Å². The molecule has 7 nitrogen and oxygen atoms in total. The van der Waals surface area contributed by atoms with Crippen LogP contribution in [0.25, 0.3) is 5.57 Å². The summed E-state index contributed by atoms with van der Waals surface area (Å²) in [5.41, 5.74) is -4.30. The van der Waals surface area contributed by atoms with E-state index in [0.29, 0.717) is 0 Å². The van der Waals surface area contributed by atoms with Crippen molar-refractivity contribution in [2.75, 3.05) is 0 Å². The van der Waals surface area contributed by atoms with Crippen LogP contribution in [-0.2, 0) is 10.4 Å². The number of allylic oxidation sites excluding steroid dienone is 4. The van der Waals surface area contributed by atoms with E-state index in [1.165, 1.54) is 24.3 Å². The molecule has 3 unspecified atom stereocenters. The maximum atomic E-state index is 14.4. The number of ether oxygens (including phenoxy) is 1. The minimum Gasteiger partial charge on any atom is -0.478 e. The van der Waals surface area contributed by atoms with E-state index in [1.54, 1.807) is 19.1 Å². The first kappa shape index (κ1) is 28.1. The van der Waals surface area contributed by atoms with Crippen LogP contribution in [0.4, 0.5) is 17.6 Å². The topological polar surface area (TPSA) is 110 Å². The molecule has 0 saturated heterocycles. The van der Waals surface area contributed by atoms with E-state index in [4.69, 9.17) is 25.9 Å². The second-order valence-electron chi connectivity index (χ2n) is 8.87. The Kier molecular flexibility index (Phi) is 7.42. The van der Waals surface area contributed by atoms with Gasteiger partial charge in [0.1, 0.15) is 17.3 Å². The van der Waals surface area contributed by atoms with E-state index in [0.717, 1.165) is 31.3 Å². The maximum absolute atomic E-state index is 14.4. The zero-order chi connectivity index (χ0) is 28.7. The quantitative estimate of drug-likeness (QED) is 0.308. The van der Waals surface area contributed by atoms with Crippen LogP contribution >= 0.6 is 11.6 Å². The number of Topliss-reactive ketones (excluding diaryl/α,β-unsaturated/α-hetero) is 1. The van der Waals surface area contributed by atoms with Crippen molar-refractivity contribution < 1.29 is 46.5 Å². The number of nitrogens with zero attached hydrogens (tertiary/aromatic N) is 1. The summed E-state index contributed by atoms with van der Waals surface area (Å²) in [6.07, 6.45) is 0.00797. The van der Waals surface area contributed by atoms with Gasteiger partial charge in [0, 0.05) is 22.9 Å². The fourth-order valence-electron chi connectivity index (χ4n) is 4.10. The summed E-state index contributed by atoms with van der Waals surface area (Å²) in [6, 6.07) is 6.64. The molecule has 0 saturated carbocycles. The van der Waals surface area contributed by atoms with Crippen molar-refractivity contribution in [3.05, 3.63) is 94.4 Å². The average molecular weight is 566 g/mol. The zero-order valence-electron chi connectivity index (χ0n) is 20.3. The van der Waals surface area contributed by atoms with Crippen LogP contribution in [0.2, 0.25) is 5.02 Å². The number of carboxylic acids is 1. The molecule has 1 aliphatic carbocycles. The first-order valence-corrected chi connectivity index (χ1v) is 11.8. The number of carbonyl (C=O) groups excluding carboxylic acids is 1. The van der Waals surface area contributed by atoms with E-state index >= 15 is 0 Å². The third-order valence-electron chi connectivity index (χ3n) is 6.36. The van der Waals surface area contributed by atoms with Gasteiger partial charge in [0.2, 0.25) is 11.5 Å². The SMILES string of the molecule is CC1C=CC=C(c2ncc(C(O)(C(C)c3ccc(Oc4ccc(C(=O)O)c(F)c4)cc3Cl)C(F)(F)F)o2)C1=O. The molecule has 2 N–H and O–H groups in total. The number of carboxylic acid groups (broad SMARTS) is 1. The third-order valence-corrected chi connectivity index (χ3v) is 6.68. The molecule has 1 aromatic heterocycles. The summed E-state index contributed by atoms with van der Waals surface area (Å²) in [4.78, 5) is 27.2. The van der Waals surface area contributed by atoms with Crippen molar-refractivity contribution in [1.29, 1.82) is 0 Å². The molecular formula is C27H20ClF4NO6. The summed E-state index contributed by atoms with van der Waals surface area (Å²) in [7, 11) is 0. The summed E-state index contributed by atoms with van der Waals surface area (Å²) in [5.74, 6) is -6.51. The molecule has 0 spiro atoms. The van der Waals surface area contributed by atoms with E-state index in [2.05, 4.69) is 4.98 Å². The lowest BCUT2D eigenvalue weighted by Gasteiger charge is -2.34. The van der Waals surface area contributed by atoms with Gasteiger partial charge in [-0.2, -0.15) is 13.2 Å². The average Bonchev–Trinajstić information content (AvgIpc) is 3.34. The number of aliphatic hydroxyl groups is 1. The second kappa shape index (κ2) is 10.3. The molecule has 0 aliphatic heterocycles. The van der Waals surface area contributed by atoms with Crippen molar-refractivity contribution in [2.24, 2.45) is 5.92 Å². The molecule has 4 rings (SSSR count). The number of benzene rings is 2. The Bertz CT molecular complexity index is 1510. The zero-order valence-corrected chi connectivity index (χ0v) is 21.0. The van der Waals surface area contributed by atoms with Crippen molar-refractivity contribution in [2.45, 2.75) is 31.5 Å². The lowest BCUT2D eigenvalue weighted by atomic mass is 9.81. The van der Waals surface area contributed by atoms with Crippen LogP contribution in [0.1, 0.15) is 47.3 Å². The van der Waals surface area contributed by atoms with Gasteiger partial charge in [-0.3, -0.25) is 4.79 Å². The van der Waals surface area contributed by atoms with Gasteiger partial charge in [-0.25, -0.2) is 14.2 Å². The van der Waals surface area contributed by atoms with Crippen molar-refractivity contribution in [3.63, 3.8) is 0 Å². The standard InChI is InChI=1S/C27H20ClF4NO6/c1-13-4-3-5-19(23(13)34)24-33-12-22(39-24)26(37,27(30,31)32)14(2)17-8-6-15(10-20(17)28)38-16-7-9-18(25(35)36)21(29)11-16/h3-14,37H,1-2H3,(H,35,36). The van der Waals surface area contributed by atoms with Crippen LogP contribution in [0.5, 0.6) is 11.5 Å². The van der Waals surface area contributed by atoms with E-state index in [1.807, 2.05) is 0 Å². The predicted molar refractivity (Wildman–Crippen MR) is 131 cm³/mol. The smallest absolute Gasteiger partial charge is 0.425 e. The number of oxazole rings is 1. The van der Waals surface area contributed by atoms with Crippen LogP contribution < -0.4 is 4.74 Å². The highest BCUT2D eigenvalue weighted by atomic mass is 35.5. The number of hydrogen-bond donors (Lipinski definition) is 2. The molecule has 0 radical (unpaired) electrons. The lowest BCUT2D eigenvalue weighted by molar-refractivity contribution is -0.280. The van der Waals surface area contributed by atoms with E-state index < -0.39 is 52.5 Å². The minimum absolute atomic E-state index is 0.0147. The van der Waals surface area contributed by atoms with Crippen LogP contribution in [-0.4, -0.2) is 33.1 Å². The number of rotatable bonds is 7. The van der Waals surface area contributed by atoms with Gasteiger partial charge in [0.15, 0.2) is 11.5 Å². The van der Waals surface area contributed by atoms with Crippen LogP contribution in [0.15, 0.2) is 65.2 Å². The molecule has 0 fully saturated rings. The summed E-state index contributed by atoms with van der Waals surface area (Å²) in [5, 5.41) is 19.8. The number of aromatic carboxylic acids is 1. The Morgan fingerprint density at radius 2 is 1.85 bits per heavy atom. The predicted octanol–water partition coefficient (Wildman–Crippen LogP) is 6.67. The number of halogens is 5. The van der Waals surface area contributed by atoms with Crippen molar-refractivity contribution in [1.82, 2.24) is 4.98 Å². The number of aromatic nitrogens is 1. The summed E-state index contributed by atoms with van der Waals surface area (Å²) >= 11 is 6.28. The molecule has 12 heteroatoms. The second-order valence-corrected chi connectivity index (χ2v) is 9.27. The third kappa shape index (κ3) is 5.19. The normalized spacial score (nSPS) is 17.9. The maximum Gasteiger partial charge on any atom is 0.425 e. The van der Waals surface area contributed by atoms with Crippen molar-refractivity contribution in [3.8, 4) is 11.5 Å². The highest BCUT2D eigenvalue weighted by Crippen LogP contribution is 2.50. The monoisotopic (exact) mass is 565 g/mol. The summed E-state index contributed by atoms with van der Waals surface area (Å²) < 4.78 is 67.8. The molecular weight excluding hydrogens is 546 g/mol. The number of ketones is 1. The fraction of sp³-hybridized carbons (Fsp3) is 0.222. The molecule has 1 aliphatic rings. The Labute approximate surface area is 224 Å². The van der Waals surface area contributed by atoms with Gasteiger partial charge in [-0.15, -0.1) is 0 Å². The number of carbonyl (C=O) groups is 2. The van der Waals surface area contributed by atoms with E-state index in [-0.39, 0.29) is 33.5 Å². The Morgan fingerprint density at radius 1 is 1.18 bits per heavy atom. The van der Waals surface area contributed by atoms with E-state index in [9.17, 15) is 32.3 Å². The van der Waals surface area contributed by atoms with Gasteiger partial charge in [-0.1, -0.05) is 43.7 Å². The van der Waals surface area contributed by atoms with Gasteiger partial charge < -0.3 is 19.4 Å². The summed E-state index contributed by atoms with van der Waals surface area (Å²) in [6.45, 7) is 2.70. The van der Waals surface area contributed by atoms with Gasteiger partial charge in [-0.05, 0) is 35.9 Å². The molecule has 2 aromatic carbocycles. The molecule has 0 bridgehead atoms. The molecule has 3 aromatic rings. The highest BCUT2D eigenvalue weighted by molar-refractivity contribution is 6.31. The number of hydrogen-bond acceptors (Lipinski definition) is 6. The van der Waals surface area contributed by atoms with Gasteiger partial charge in [0.25, 0.3) is 0 Å². The first-order chi connectivity index (χ1) is 18.2. The highest BCUT2D eigenvalue weighted by Gasteiger charge is 2.61. The van der Waals surface area contributed by atoms with Crippen LogP contribution in [0, 0.1) is 11.7 Å². The van der Waals surface area contributed by atoms with Crippen molar-refractivity contribution >= 4 is 28.9 Å². The largest absolute Gasteiger partial charge is 0.478 e. The molecule has 39 heavy (non-hydrogen) atoms.